The van der Waals surface area contributed by atoms with Crippen LogP contribution in [0.1, 0.15) is 56.8 Å². The van der Waals surface area contributed by atoms with Gasteiger partial charge in [0.2, 0.25) is 5.91 Å². The molecule has 1 aliphatic carbocycles. The van der Waals surface area contributed by atoms with E-state index in [1.165, 1.54) is 26.6 Å². The molecule has 7 heterocycles. The van der Waals surface area contributed by atoms with E-state index < -0.39 is 47.9 Å². The Labute approximate surface area is 365 Å². The number of methoxy groups -OCH3 is 1. The number of anilines is 4. The number of ether oxygens (including phenoxy) is 1. The van der Waals surface area contributed by atoms with Gasteiger partial charge < -0.3 is 25.2 Å². The molecule has 19 heteroatoms. The molecule has 3 aromatic heterocycles. The fraction of sp³-hybridized carbons (Fsp3) is 0.400. The first-order valence-corrected chi connectivity index (χ1v) is 21.3. The van der Waals surface area contributed by atoms with Gasteiger partial charge in [0, 0.05) is 94.3 Å². The standard InChI is InChI=1S/C45H46F3N11O5/c1-25-4-6-27(14-35(25)58-12-9-39(60)53-43(58)63)42(62)56-13-10-44(45(47,48)24-56)22-55(23-44)21-26-5-7-32(50-19-26)30-15-28(64-3)16-36-29(30)8-11-57(36)38-18-34(49-2)40-51-20-37(59(40)54-38)41(61)52-33-17-31(33)46/h4-7,14-16,18-20,31,33,49H,8-13,17,21-24H2,1-3H3,(H,52,61)(H,53,60,63)/t31-,33+/m0/s1. The summed E-state index contributed by atoms with van der Waals surface area (Å²) in [7, 11) is 3.36. The summed E-state index contributed by atoms with van der Waals surface area (Å²) in [5.74, 6) is -3.29. The van der Waals surface area contributed by atoms with Crippen LogP contribution in [0.3, 0.4) is 0 Å². The van der Waals surface area contributed by atoms with E-state index in [0.717, 1.165) is 33.6 Å². The topological polar surface area (TPSA) is 170 Å². The molecule has 332 valence electrons. The number of amides is 5. The molecule has 5 amide bonds. The first-order valence-electron chi connectivity index (χ1n) is 21.3. The summed E-state index contributed by atoms with van der Waals surface area (Å²) in [4.78, 5) is 66.7. The van der Waals surface area contributed by atoms with E-state index >= 15 is 8.78 Å². The van der Waals surface area contributed by atoms with Gasteiger partial charge in [-0.1, -0.05) is 12.1 Å². The largest absolute Gasteiger partial charge is 0.497 e. The number of likely N-dealkylation sites (tertiary alicyclic amines) is 2. The predicted octanol–water partition coefficient (Wildman–Crippen LogP) is 5.11. The number of piperidine rings is 1. The maximum atomic E-state index is 16.0. The van der Waals surface area contributed by atoms with Gasteiger partial charge in [0.25, 0.3) is 17.7 Å². The first kappa shape index (κ1) is 41.3. The van der Waals surface area contributed by atoms with Crippen LogP contribution in [0.5, 0.6) is 5.75 Å². The minimum atomic E-state index is -3.12. The number of nitrogens with zero attached hydrogens (tertiary/aromatic N) is 8. The third kappa shape index (κ3) is 7.10. The van der Waals surface area contributed by atoms with Crippen molar-refractivity contribution in [1.82, 2.24) is 40.0 Å². The Morgan fingerprint density at radius 1 is 0.953 bits per heavy atom. The zero-order chi connectivity index (χ0) is 44.7. The first-order chi connectivity index (χ1) is 30.7. The van der Waals surface area contributed by atoms with E-state index in [2.05, 4.69) is 20.9 Å². The fourth-order valence-electron chi connectivity index (χ4n) is 9.49. The van der Waals surface area contributed by atoms with E-state index in [4.69, 9.17) is 14.8 Å². The number of pyridine rings is 1. The third-order valence-electron chi connectivity index (χ3n) is 13.2. The van der Waals surface area contributed by atoms with Gasteiger partial charge in [-0.3, -0.25) is 34.5 Å². The summed E-state index contributed by atoms with van der Waals surface area (Å²) in [6, 6.07) is 13.4. The Kier molecular flexibility index (Phi) is 9.99. The Morgan fingerprint density at radius 3 is 2.45 bits per heavy atom. The second-order valence-corrected chi connectivity index (χ2v) is 17.4. The van der Waals surface area contributed by atoms with E-state index in [-0.39, 0.29) is 62.6 Å². The van der Waals surface area contributed by atoms with Gasteiger partial charge in [0.05, 0.1) is 48.4 Å². The summed E-state index contributed by atoms with van der Waals surface area (Å²) in [5, 5.41) is 13.0. The van der Waals surface area contributed by atoms with E-state index in [1.54, 1.807) is 39.4 Å². The Hall–Kier alpha value is -6.76. The number of aromatic nitrogens is 4. The smallest absolute Gasteiger partial charge is 0.328 e. The molecule has 0 bridgehead atoms. The molecule has 3 saturated heterocycles. The lowest BCUT2D eigenvalue weighted by Gasteiger charge is -2.57. The monoisotopic (exact) mass is 877 g/mol. The van der Waals surface area contributed by atoms with Gasteiger partial charge in [-0.25, -0.2) is 27.5 Å². The van der Waals surface area contributed by atoms with E-state index in [1.807, 2.05) is 40.1 Å². The van der Waals surface area contributed by atoms with Gasteiger partial charge in [-0.05, 0) is 60.7 Å². The number of benzene rings is 2. The van der Waals surface area contributed by atoms with E-state index in [0.29, 0.717) is 48.1 Å². The number of carbonyl (C=O) groups excluding carboxylic acids is 4. The van der Waals surface area contributed by atoms with Gasteiger partial charge in [0.1, 0.15) is 11.9 Å². The average Bonchev–Trinajstić information content (AvgIpc) is 3.58. The average molecular weight is 878 g/mol. The van der Waals surface area contributed by atoms with Crippen LogP contribution >= 0.6 is 0 Å². The molecule has 5 aliphatic rings. The molecule has 0 radical (unpaired) electrons. The number of imidazole rings is 1. The predicted molar refractivity (Wildman–Crippen MR) is 230 cm³/mol. The van der Waals surface area contributed by atoms with Crippen molar-refractivity contribution in [3.63, 3.8) is 0 Å². The Morgan fingerprint density at radius 2 is 1.75 bits per heavy atom. The summed E-state index contributed by atoms with van der Waals surface area (Å²) < 4.78 is 52.9. The molecular formula is C45H46F3N11O5. The van der Waals surface area contributed by atoms with Crippen molar-refractivity contribution in [1.29, 1.82) is 0 Å². The second kappa shape index (κ2) is 15.5. The number of alkyl halides is 3. The Bertz CT molecular complexity index is 2740. The number of hydrogen-bond donors (Lipinski definition) is 3. The van der Waals surface area contributed by atoms with Crippen LogP contribution in [0.15, 0.2) is 60.9 Å². The molecule has 4 aliphatic heterocycles. The minimum absolute atomic E-state index is 0.120. The summed E-state index contributed by atoms with van der Waals surface area (Å²) in [6.45, 7) is 2.79. The SMILES string of the molecule is CNc1cc(N2CCc3c(-c4ccc(CN5CC6(CCN(C(=O)c7ccc(C)c(N8CCC(=O)NC8=O)c7)CC6(F)F)C5)cn4)cc(OC)cc32)nn2c(C(=O)N[C@@H]3C[C@@H]3F)cnc12. The molecule has 64 heavy (non-hydrogen) atoms. The zero-order valence-corrected chi connectivity index (χ0v) is 35.5. The maximum Gasteiger partial charge on any atom is 0.328 e. The van der Waals surface area contributed by atoms with Crippen LogP contribution < -0.4 is 30.5 Å². The van der Waals surface area contributed by atoms with Gasteiger partial charge in [-0.15, -0.1) is 5.10 Å². The number of rotatable bonds is 10. The quantitative estimate of drug-likeness (QED) is 0.171. The van der Waals surface area contributed by atoms with Crippen LogP contribution in [0.4, 0.5) is 40.8 Å². The van der Waals surface area contributed by atoms with Gasteiger partial charge in [0.15, 0.2) is 17.2 Å². The lowest BCUT2D eigenvalue weighted by atomic mass is 9.69. The highest BCUT2D eigenvalue weighted by atomic mass is 19.3. The lowest BCUT2D eigenvalue weighted by molar-refractivity contribution is -0.220. The molecule has 2 aromatic carbocycles. The normalized spacial score (nSPS) is 21.1. The molecule has 4 fully saturated rings. The number of fused-ring (bicyclic) bond motifs is 2. The summed E-state index contributed by atoms with van der Waals surface area (Å²) in [5.41, 5.74) is 5.82. The van der Waals surface area contributed by atoms with Crippen molar-refractivity contribution in [3.8, 4) is 17.0 Å². The van der Waals surface area contributed by atoms with Crippen molar-refractivity contribution in [3.05, 3.63) is 88.9 Å². The zero-order valence-electron chi connectivity index (χ0n) is 35.5. The van der Waals surface area contributed by atoms with Crippen molar-refractivity contribution >= 4 is 52.3 Å². The highest BCUT2D eigenvalue weighted by Crippen LogP contribution is 2.51. The van der Waals surface area contributed by atoms with Crippen LogP contribution in [0.25, 0.3) is 16.9 Å². The summed E-state index contributed by atoms with van der Waals surface area (Å²) in [6.07, 6.45) is 3.38. The fourth-order valence-corrected chi connectivity index (χ4v) is 9.49. The molecule has 1 spiro atoms. The number of aryl methyl sites for hydroxylation is 1. The van der Waals surface area contributed by atoms with Crippen LogP contribution in [-0.4, -0.2) is 125 Å². The Balaban J connectivity index is 0.811. The molecule has 16 nitrogen and oxygen atoms in total. The highest BCUT2D eigenvalue weighted by Gasteiger charge is 2.62. The minimum Gasteiger partial charge on any atom is -0.497 e. The molecule has 3 N–H and O–H groups in total. The van der Waals surface area contributed by atoms with Crippen molar-refractivity contribution in [2.45, 2.75) is 57.3 Å². The van der Waals surface area contributed by atoms with E-state index in [9.17, 15) is 23.6 Å². The summed E-state index contributed by atoms with van der Waals surface area (Å²) >= 11 is 0. The highest BCUT2D eigenvalue weighted by molar-refractivity contribution is 6.06. The van der Waals surface area contributed by atoms with Crippen LogP contribution in [-0.2, 0) is 17.8 Å². The molecule has 0 unspecified atom stereocenters. The number of halogens is 3. The van der Waals surface area contributed by atoms with Gasteiger partial charge >= 0.3 is 6.03 Å². The second-order valence-electron chi connectivity index (χ2n) is 17.4. The van der Waals surface area contributed by atoms with Crippen molar-refractivity contribution < 1.29 is 37.1 Å². The maximum absolute atomic E-state index is 16.0. The molecule has 10 rings (SSSR count). The van der Waals surface area contributed by atoms with Crippen molar-refractivity contribution in [2.75, 3.05) is 68.5 Å². The molecule has 2 atom stereocenters. The number of urea groups is 1. The van der Waals surface area contributed by atoms with Crippen LogP contribution in [0, 0.1) is 12.3 Å². The molecule has 5 aromatic rings. The number of carbonyl (C=O) groups is 4. The van der Waals surface area contributed by atoms with Crippen molar-refractivity contribution in [2.24, 2.45) is 5.41 Å². The third-order valence-corrected chi connectivity index (χ3v) is 13.2. The number of nitrogens with one attached hydrogen (secondary N) is 3. The molecule has 1 saturated carbocycles. The lowest BCUT2D eigenvalue weighted by Crippen LogP contribution is -2.70. The number of imide groups is 1. The van der Waals surface area contributed by atoms with Crippen LogP contribution in [0.2, 0.25) is 0 Å². The number of hydrogen-bond acceptors (Lipinski definition) is 11. The molecular weight excluding hydrogens is 832 g/mol. The van der Waals surface area contributed by atoms with Gasteiger partial charge in [-0.2, -0.15) is 0 Å².